The molecule has 0 saturated carbocycles. The summed E-state index contributed by atoms with van der Waals surface area (Å²) in [5.41, 5.74) is 9.76. The molecule has 33 heavy (non-hydrogen) atoms. The third-order valence-electron chi connectivity index (χ3n) is 5.61. The van der Waals surface area contributed by atoms with E-state index in [-0.39, 0.29) is 11.8 Å². The standard InChI is InChI=1S/C21H21ClN8O.C2H6/c1-28-19(23)17(8-26-28)14-6-18-20(25-12-27-30(18)11-14)29-9-15(10-29)21(31)24-7-13-2-4-16(22)5-3-13;1-2/h2-6,8,11-12,15H,7,9-10,23H2,1H3,(H,24,31);1-2H3. The van der Waals surface area contributed by atoms with Gasteiger partial charge < -0.3 is 16.0 Å². The second kappa shape index (κ2) is 9.50. The normalized spacial score (nSPS) is 13.4. The Hall–Kier alpha value is -3.59. The lowest BCUT2D eigenvalue weighted by atomic mass is 9.99. The summed E-state index contributed by atoms with van der Waals surface area (Å²) in [5.74, 6) is 1.35. The maximum Gasteiger partial charge on any atom is 0.226 e. The first-order valence-electron chi connectivity index (χ1n) is 10.9. The Kier molecular flexibility index (Phi) is 6.50. The summed E-state index contributed by atoms with van der Waals surface area (Å²) < 4.78 is 3.41. The minimum Gasteiger partial charge on any atom is -0.383 e. The van der Waals surface area contributed by atoms with Crippen molar-refractivity contribution < 1.29 is 4.79 Å². The maximum atomic E-state index is 12.5. The molecule has 9 nitrogen and oxygen atoms in total. The fourth-order valence-corrected chi connectivity index (χ4v) is 3.86. The third-order valence-corrected chi connectivity index (χ3v) is 5.87. The number of nitrogens with zero attached hydrogens (tertiary/aromatic N) is 6. The van der Waals surface area contributed by atoms with Crippen molar-refractivity contribution in [2.45, 2.75) is 20.4 Å². The van der Waals surface area contributed by atoms with Gasteiger partial charge in [-0.25, -0.2) is 9.50 Å². The number of amides is 1. The number of carbonyl (C=O) groups excluding carboxylic acids is 1. The van der Waals surface area contributed by atoms with Crippen molar-refractivity contribution in [2.75, 3.05) is 23.7 Å². The zero-order valence-corrected chi connectivity index (χ0v) is 19.6. The van der Waals surface area contributed by atoms with Crippen LogP contribution in [-0.2, 0) is 18.4 Å². The monoisotopic (exact) mass is 466 g/mol. The number of hydrogen-bond donors (Lipinski definition) is 2. The van der Waals surface area contributed by atoms with Gasteiger partial charge in [-0.3, -0.25) is 9.48 Å². The highest BCUT2D eigenvalue weighted by atomic mass is 35.5. The number of nitrogens with two attached hydrogens (primary N) is 1. The van der Waals surface area contributed by atoms with Crippen LogP contribution in [0.15, 0.2) is 49.1 Å². The van der Waals surface area contributed by atoms with Crippen molar-refractivity contribution in [3.8, 4) is 11.1 Å². The van der Waals surface area contributed by atoms with Crippen LogP contribution < -0.4 is 16.0 Å². The summed E-state index contributed by atoms with van der Waals surface area (Å²) in [7, 11) is 1.80. The van der Waals surface area contributed by atoms with E-state index in [1.807, 2.05) is 50.4 Å². The lowest BCUT2D eigenvalue weighted by Gasteiger charge is -2.39. The van der Waals surface area contributed by atoms with Crippen molar-refractivity contribution in [3.05, 3.63) is 59.6 Å². The number of aryl methyl sites for hydroxylation is 1. The zero-order valence-electron chi connectivity index (χ0n) is 18.9. The average molecular weight is 467 g/mol. The number of nitrogen functional groups attached to an aromatic ring is 1. The summed E-state index contributed by atoms with van der Waals surface area (Å²) in [4.78, 5) is 19.1. The molecule has 1 fully saturated rings. The molecule has 4 aromatic rings. The quantitative estimate of drug-likeness (QED) is 0.468. The van der Waals surface area contributed by atoms with Crippen LogP contribution in [-0.4, -0.2) is 43.4 Å². The molecule has 3 aromatic heterocycles. The minimum absolute atomic E-state index is 0.0375. The van der Waals surface area contributed by atoms with Crippen molar-refractivity contribution in [3.63, 3.8) is 0 Å². The van der Waals surface area contributed by atoms with Gasteiger partial charge in [-0.15, -0.1) is 0 Å². The van der Waals surface area contributed by atoms with Crippen LogP contribution in [0.25, 0.3) is 16.6 Å². The molecule has 1 amide bonds. The predicted octanol–water partition coefficient (Wildman–Crippen LogP) is 3.14. The van der Waals surface area contributed by atoms with E-state index >= 15 is 0 Å². The van der Waals surface area contributed by atoms with E-state index in [2.05, 4.69) is 25.4 Å². The van der Waals surface area contributed by atoms with E-state index in [9.17, 15) is 4.79 Å². The highest BCUT2D eigenvalue weighted by Crippen LogP contribution is 2.32. The molecule has 5 rings (SSSR count). The third kappa shape index (κ3) is 4.49. The molecule has 0 atom stereocenters. The van der Waals surface area contributed by atoms with Crippen molar-refractivity contribution in [1.29, 1.82) is 0 Å². The van der Waals surface area contributed by atoms with Crippen LogP contribution in [0.2, 0.25) is 5.02 Å². The number of anilines is 2. The van der Waals surface area contributed by atoms with Gasteiger partial charge in [0.2, 0.25) is 5.91 Å². The van der Waals surface area contributed by atoms with E-state index in [1.54, 1.807) is 22.4 Å². The van der Waals surface area contributed by atoms with E-state index in [1.165, 1.54) is 6.33 Å². The topological polar surface area (TPSA) is 106 Å². The summed E-state index contributed by atoms with van der Waals surface area (Å²) in [6, 6.07) is 9.45. The minimum atomic E-state index is -0.0780. The number of fused-ring (bicyclic) bond motifs is 1. The molecule has 1 aliphatic rings. The van der Waals surface area contributed by atoms with Crippen LogP contribution in [0.4, 0.5) is 11.6 Å². The molecule has 4 heterocycles. The highest BCUT2D eigenvalue weighted by molar-refractivity contribution is 6.30. The number of nitrogens with one attached hydrogen (secondary N) is 1. The molecule has 0 aliphatic carbocycles. The van der Waals surface area contributed by atoms with Gasteiger partial charge in [0.1, 0.15) is 17.7 Å². The van der Waals surface area contributed by atoms with Gasteiger partial charge in [-0.1, -0.05) is 37.6 Å². The second-order valence-electron chi connectivity index (χ2n) is 7.66. The molecule has 1 aromatic carbocycles. The molecule has 172 valence electrons. The molecular formula is C23H27ClN8O. The molecule has 10 heteroatoms. The summed E-state index contributed by atoms with van der Waals surface area (Å²) >= 11 is 5.90. The SMILES string of the molecule is CC.Cn1ncc(-c2cc3c(N4CC(C(=O)NCc5ccc(Cl)cc5)C4)ncnn3c2)c1N. The largest absolute Gasteiger partial charge is 0.383 e. The fourth-order valence-electron chi connectivity index (χ4n) is 3.73. The van der Waals surface area contributed by atoms with Gasteiger partial charge in [0.25, 0.3) is 0 Å². The summed E-state index contributed by atoms with van der Waals surface area (Å²) in [6.45, 7) is 5.70. The first-order chi connectivity index (χ1) is 16.0. The Morgan fingerprint density at radius 1 is 1.21 bits per heavy atom. The molecule has 3 N–H and O–H groups in total. The van der Waals surface area contributed by atoms with Gasteiger partial charge in [0.05, 0.1) is 12.1 Å². The maximum absolute atomic E-state index is 12.5. The molecule has 0 bridgehead atoms. The molecule has 0 unspecified atom stereocenters. The number of hydrogen-bond acceptors (Lipinski definition) is 6. The summed E-state index contributed by atoms with van der Waals surface area (Å²) in [5, 5.41) is 12.2. The molecule has 0 spiro atoms. The van der Waals surface area contributed by atoms with Crippen molar-refractivity contribution in [2.24, 2.45) is 13.0 Å². The number of carbonyl (C=O) groups is 1. The van der Waals surface area contributed by atoms with Crippen LogP contribution in [0.5, 0.6) is 0 Å². The molecular weight excluding hydrogens is 440 g/mol. The Balaban J connectivity index is 0.00000126. The average Bonchev–Trinajstić information content (AvgIpc) is 3.37. The van der Waals surface area contributed by atoms with Crippen LogP contribution >= 0.6 is 11.6 Å². The molecule has 0 radical (unpaired) electrons. The molecule has 1 saturated heterocycles. The Bertz CT molecular complexity index is 1260. The predicted molar refractivity (Wildman–Crippen MR) is 130 cm³/mol. The van der Waals surface area contributed by atoms with Gasteiger partial charge in [-0.05, 0) is 23.8 Å². The highest BCUT2D eigenvalue weighted by Gasteiger charge is 2.34. The van der Waals surface area contributed by atoms with E-state index in [0.29, 0.717) is 30.5 Å². The van der Waals surface area contributed by atoms with Crippen LogP contribution in [0, 0.1) is 5.92 Å². The zero-order chi connectivity index (χ0) is 23.5. The smallest absolute Gasteiger partial charge is 0.226 e. The number of halogens is 1. The van der Waals surface area contributed by atoms with Gasteiger partial charge in [0.15, 0.2) is 5.82 Å². The Morgan fingerprint density at radius 2 is 1.94 bits per heavy atom. The van der Waals surface area contributed by atoms with Gasteiger partial charge in [0, 0.05) is 49.0 Å². The van der Waals surface area contributed by atoms with Crippen molar-refractivity contribution in [1.82, 2.24) is 29.7 Å². The van der Waals surface area contributed by atoms with E-state index in [4.69, 9.17) is 17.3 Å². The number of rotatable bonds is 5. The van der Waals surface area contributed by atoms with Crippen molar-refractivity contribution >= 4 is 34.7 Å². The number of aromatic nitrogens is 5. The molecule has 1 aliphatic heterocycles. The first kappa shape index (κ1) is 22.6. The van der Waals surface area contributed by atoms with E-state index < -0.39 is 0 Å². The lowest BCUT2D eigenvalue weighted by molar-refractivity contribution is -0.125. The second-order valence-corrected chi connectivity index (χ2v) is 8.09. The fraction of sp³-hybridized carbons (Fsp3) is 0.304. The van der Waals surface area contributed by atoms with Crippen LogP contribution in [0.3, 0.4) is 0 Å². The first-order valence-corrected chi connectivity index (χ1v) is 11.3. The van der Waals surface area contributed by atoms with E-state index in [0.717, 1.165) is 28.0 Å². The number of benzene rings is 1. The van der Waals surface area contributed by atoms with Gasteiger partial charge >= 0.3 is 0 Å². The summed E-state index contributed by atoms with van der Waals surface area (Å²) in [6.07, 6.45) is 5.17. The van der Waals surface area contributed by atoms with Crippen LogP contribution in [0.1, 0.15) is 19.4 Å². The van der Waals surface area contributed by atoms with Gasteiger partial charge in [-0.2, -0.15) is 10.2 Å². The Labute approximate surface area is 197 Å². The Morgan fingerprint density at radius 3 is 2.61 bits per heavy atom. The lowest BCUT2D eigenvalue weighted by Crippen LogP contribution is -2.54.